The lowest BCUT2D eigenvalue weighted by Crippen LogP contribution is -2.21. The first-order valence-electron chi connectivity index (χ1n) is 10.5. The van der Waals surface area contributed by atoms with Crippen LogP contribution in [0.25, 0.3) is 10.9 Å². The SMILES string of the molecule is CCCCOc1c(O)c(=O)n(CCCC)c2cc(NC(=O)c3ccccc3)ccc12. The number of benzene rings is 2. The fourth-order valence-electron chi connectivity index (χ4n) is 3.28. The van der Waals surface area contributed by atoms with E-state index in [-0.39, 0.29) is 17.4 Å². The molecule has 1 amide bonds. The van der Waals surface area contributed by atoms with E-state index in [9.17, 15) is 14.7 Å². The normalized spacial score (nSPS) is 10.9. The van der Waals surface area contributed by atoms with E-state index in [1.54, 1.807) is 47.0 Å². The Morgan fingerprint density at radius 3 is 2.50 bits per heavy atom. The van der Waals surface area contributed by atoms with E-state index in [2.05, 4.69) is 5.32 Å². The number of aromatic hydroxyl groups is 1. The van der Waals surface area contributed by atoms with Gasteiger partial charge in [-0.3, -0.25) is 9.59 Å². The third kappa shape index (κ3) is 4.64. The molecule has 0 bridgehead atoms. The molecule has 1 aromatic heterocycles. The van der Waals surface area contributed by atoms with Crippen molar-refractivity contribution in [1.82, 2.24) is 4.57 Å². The molecule has 0 saturated carbocycles. The zero-order valence-corrected chi connectivity index (χ0v) is 17.5. The monoisotopic (exact) mass is 408 g/mol. The van der Waals surface area contributed by atoms with Gasteiger partial charge in [0.25, 0.3) is 11.5 Å². The van der Waals surface area contributed by atoms with Crippen LogP contribution in [0, 0.1) is 0 Å². The van der Waals surface area contributed by atoms with E-state index in [1.165, 1.54) is 0 Å². The Hall–Kier alpha value is -3.28. The predicted octanol–water partition coefficient (Wildman–Crippen LogP) is 4.94. The largest absolute Gasteiger partial charge is 0.500 e. The van der Waals surface area contributed by atoms with Crippen LogP contribution in [0.1, 0.15) is 49.9 Å². The maximum absolute atomic E-state index is 12.8. The van der Waals surface area contributed by atoms with E-state index in [0.717, 1.165) is 25.7 Å². The second-order valence-electron chi connectivity index (χ2n) is 7.24. The molecule has 30 heavy (non-hydrogen) atoms. The minimum atomic E-state index is -0.478. The highest BCUT2D eigenvalue weighted by Gasteiger charge is 2.18. The van der Waals surface area contributed by atoms with E-state index >= 15 is 0 Å². The van der Waals surface area contributed by atoms with Gasteiger partial charge in [-0.15, -0.1) is 0 Å². The van der Waals surface area contributed by atoms with Crippen molar-refractivity contribution in [2.24, 2.45) is 0 Å². The summed E-state index contributed by atoms with van der Waals surface area (Å²) in [5.41, 5.74) is 1.28. The van der Waals surface area contributed by atoms with Crippen LogP contribution in [-0.2, 0) is 6.54 Å². The van der Waals surface area contributed by atoms with Crippen molar-refractivity contribution in [1.29, 1.82) is 0 Å². The standard InChI is InChI=1S/C24H28N2O4/c1-3-5-14-26-20-16-18(25-23(28)17-10-8-7-9-11-17)12-13-19(20)22(21(27)24(26)29)30-15-6-4-2/h7-13,16,27H,3-6,14-15H2,1-2H3,(H,25,28). The fourth-order valence-corrected chi connectivity index (χ4v) is 3.28. The van der Waals surface area contributed by atoms with E-state index < -0.39 is 5.56 Å². The molecule has 0 aliphatic heterocycles. The molecule has 0 radical (unpaired) electrons. The molecule has 2 aromatic carbocycles. The Labute approximate surface area is 176 Å². The number of aromatic nitrogens is 1. The minimum Gasteiger partial charge on any atom is -0.500 e. The number of pyridine rings is 1. The Balaban J connectivity index is 2.05. The molecule has 0 fully saturated rings. The summed E-state index contributed by atoms with van der Waals surface area (Å²) in [6.07, 6.45) is 3.48. The summed E-state index contributed by atoms with van der Waals surface area (Å²) < 4.78 is 7.32. The number of hydrogen-bond donors (Lipinski definition) is 2. The van der Waals surface area contributed by atoms with Gasteiger partial charge < -0.3 is 19.7 Å². The van der Waals surface area contributed by atoms with Gasteiger partial charge in [0, 0.05) is 23.2 Å². The molecule has 0 atom stereocenters. The number of carbonyl (C=O) groups is 1. The lowest BCUT2D eigenvalue weighted by atomic mass is 10.1. The number of hydrogen-bond acceptors (Lipinski definition) is 4. The fraction of sp³-hybridized carbons (Fsp3) is 0.333. The number of nitrogens with one attached hydrogen (secondary N) is 1. The second-order valence-corrected chi connectivity index (χ2v) is 7.24. The summed E-state index contributed by atoms with van der Waals surface area (Å²) in [6.45, 7) is 4.99. The van der Waals surface area contributed by atoms with Gasteiger partial charge in [-0.2, -0.15) is 0 Å². The first kappa shape index (κ1) is 21.4. The highest BCUT2D eigenvalue weighted by Crippen LogP contribution is 2.34. The summed E-state index contributed by atoms with van der Waals surface area (Å²) in [6, 6.07) is 14.2. The van der Waals surface area contributed by atoms with Crippen molar-refractivity contribution in [3.05, 3.63) is 64.4 Å². The van der Waals surface area contributed by atoms with Gasteiger partial charge in [-0.05, 0) is 43.2 Å². The van der Waals surface area contributed by atoms with E-state index in [4.69, 9.17) is 4.74 Å². The maximum atomic E-state index is 12.8. The van der Waals surface area contributed by atoms with Crippen LogP contribution in [-0.4, -0.2) is 22.2 Å². The number of rotatable bonds is 9. The molecule has 0 aliphatic rings. The predicted molar refractivity (Wildman–Crippen MR) is 120 cm³/mol. The first-order chi connectivity index (χ1) is 14.6. The third-order valence-electron chi connectivity index (χ3n) is 4.97. The second kappa shape index (κ2) is 9.96. The van der Waals surface area contributed by atoms with Crippen LogP contribution >= 0.6 is 0 Å². The van der Waals surface area contributed by atoms with Gasteiger partial charge in [-0.25, -0.2) is 0 Å². The first-order valence-corrected chi connectivity index (χ1v) is 10.5. The molecule has 3 rings (SSSR count). The van der Waals surface area contributed by atoms with Crippen LogP contribution < -0.4 is 15.6 Å². The molecule has 3 aromatic rings. The smallest absolute Gasteiger partial charge is 0.297 e. The zero-order valence-electron chi connectivity index (χ0n) is 17.5. The summed E-state index contributed by atoms with van der Waals surface area (Å²) >= 11 is 0. The number of unbranched alkanes of at least 4 members (excludes halogenated alkanes) is 2. The van der Waals surface area contributed by atoms with Crippen LogP contribution in [0.5, 0.6) is 11.5 Å². The number of nitrogens with zero attached hydrogens (tertiary/aromatic N) is 1. The lowest BCUT2D eigenvalue weighted by Gasteiger charge is -2.17. The van der Waals surface area contributed by atoms with Crippen LogP contribution in [0.4, 0.5) is 5.69 Å². The maximum Gasteiger partial charge on any atom is 0.297 e. The quantitative estimate of drug-likeness (QED) is 0.492. The Kier molecular flexibility index (Phi) is 7.12. The van der Waals surface area contributed by atoms with Crippen molar-refractivity contribution in [2.45, 2.75) is 46.1 Å². The van der Waals surface area contributed by atoms with Crippen LogP contribution in [0.2, 0.25) is 0 Å². The molecule has 0 aliphatic carbocycles. The van der Waals surface area contributed by atoms with E-state index in [1.807, 2.05) is 19.9 Å². The molecule has 6 heteroatoms. The summed E-state index contributed by atoms with van der Waals surface area (Å²) in [5.74, 6) is -0.386. The Morgan fingerprint density at radius 1 is 1.07 bits per heavy atom. The van der Waals surface area contributed by atoms with Gasteiger partial charge in [0.15, 0.2) is 5.75 Å². The summed E-state index contributed by atoms with van der Waals surface area (Å²) in [7, 11) is 0. The van der Waals surface area contributed by atoms with Gasteiger partial charge in [0.05, 0.1) is 12.1 Å². The van der Waals surface area contributed by atoms with Crippen molar-refractivity contribution >= 4 is 22.5 Å². The molecule has 158 valence electrons. The molecule has 0 spiro atoms. The van der Waals surface area contributed by atoms with Gasteiger partial charge in [0.1, 0.15) is 0 Å². The van der Waals surface area contributed by atoms with Crippen LogP contribution in [0.15, 0.2) is 53.3 Å². The molecule has 2 N–H and O–H groups in total. The molecule has 0 unspecified atom stereocenters. The number of amides is 1. The lowest BCUT2D eigenvalue weighted by molar-refractivity contribution is 0.102. The molecular formula is C24H28N2O4. The molecule has 0 saturated heterocycles. The molecule has 1 heterocycles. The minimum absolute atomic E-state index is 0.206. The number of anilines is 1. The number of aryl methyl sites for hydroxylation is 1. The summed E-state index contributed by atoms with van der Waals surface area (Å²) in [4.78, 5) is 25.4. The van der Waals surface area contributed by atoms with Gasteiger partial charge in [-0.1, -0.05) is 44.9 Å². The van der Waals surface area contributed by atoms with Gasteiger partial charge >= 0.3 is 0 Å². The van der Waals surface area contributed by atoms with Gasteiger partial charge in [0.2, 0.25) is 5.75 Å². The molecular weight excluding hydrogens is 380 g/mol. The Morgan fingerprint density at radius 2 is 1.80 bits per heavy atom. The van der Waals surface area contributed by atoms with Crippen molar-refractivity contribution in [2.75, 3.05) is 11.9 Å². The number of ether oxygens (including phenoxy) is 1. The number of carbonyl (C=O) groups excluding carboxylic acids is 1. The molecule has 6 nitrogen and oxygen atoms in total. The number of fused-ring (bicyclic) bond motifs is 1. The van der Waals surface area contributed by atoms with Crippen molar-refractivity contribution in [3.8, 4) is 11.5 Å². The topological polar surface area (TPSA) is 80.6 Å². The van der Waals surface area contributed by atoms with E-state index in [0.29, 0.717) is 35.3 Å². The highest BCUT2D eigenvalue weighted by atomic mass is 16.5. The van der Waals surface area contributed by atoms with Crippen molar-refractivity contribution in [3.63, 3.8) is 0 Å². The van der Waals surface area contributed by atoms with Crippen molar-refractivity contribution < 1.29 is 14.6 Å². The average Bonchev–Trinajstić information content (AvgIpc) is 2.77. The Bertz CT molecular complexity index is 1070. The summed E-state index contributed by atoms with van der Waals surface area (Å²) in [5, 5.41) is 14.0. The van der Waals surface area contributed by atoms with Crippen LogP contribution in [0.3, 0.4) is 0 Å². The average molecular weight is 408 g/mol. The third-order valence-corrected chi connectivity index (χ3v) is 4.97. The zero-order chi connectivity index (χ0) is 21.5. The highest BCUT2D eigenvalue weighted by molar-refractivity contribution is 6.05.